The minimum atomic E-state index is -4.56. The van der Waals surface area contributed by atoms with Crippen molar-refractivity contribution in [3.63, 3.8) is 0 Å². The van der Waals surface area contributed by atoms with E-state index in [1.807, 2.05) is 13.0 Å². The van der Waals surface area contributed by atoms with E-state index in [-0.39, 0.29) is 29.1 Å². The third kappa shape index (κ3) is 6.87. The predicted octanol–water partition coefficient (Wildman–Crippen LogP) is 6.26. The molecule has 11 heteroatoms. The van der Waals surface area contributed by atoms with E-state index in [0.717, 1.165) is 43.9 Å². The van der Waals surface area contributed by atoms with Gasteiger partial charge in [-0.3, -0.25) is 4.79 Å². The van der Waals surface area contributed by atoms with Crippen LogP contribution in [0.25, 0.3) is 10.8 Å². The lowest BCUT2D eigenvalue weighted by Gasteiger charge is -2.41. The van der Waals surface area contributed by atoms with E-state index < -0.39 is 33.5 Å². The van der Waals surface area contributed by atoms with Gasteiger partial charge in [-0.05, 0) is 117 Å². The SMILES string of the molecule is CCCCOc1ccc(C(F)(F)[C@@H](NS(=O)(=O)c2ccc3cc(OC4CCCC4)ccc3c2)C(=O)N2C3CCC2CC(N)C3)cc1. The molecule has 2 unspecified atom stereocenters. The zero-order chi connectivity index (χ0) is 32.5. The Bertz CT molecular complexity index is 1630. The van der Waals surface area contributed by atoms with E-state index in [9.17, 15) is 13.2 Å². The molecule has 2 aliphatic heterocycles. The molecule has 248 valence electrons. The van der Waals surface area contributed by atoms with Crippen LogP contribution in [0.2, 0.25) is 0 Å². The molecule has 3 aromatic rings. The highest BCUT2D eigenvalue weighted by atomic mass is 32.2. The highest BCUT2D eigenvalue weighted by Gasteiger charge is 2.53. The fourth-order valence-corrected chi connectivity index (χ4v) is 8.37. The van der Waals surface area contributed by atoms with Gasteiger partial charge in [-0.1, -0.05) is 25.5 Å². The number of nitrogens with zero attached hydrogens (tertiary/aromatic N) is 1. The van der Waals surface area contributed by atoms with Gasteiger partial charge in [0.15, 0.2) is 6.04 Å². The lowest BCUT2D eigenvalue weighted by molar-refractivity contribution is -0.149. The van der Waals surface area contributed by atoms with Crippen molar-refractivity contribution in [1.29, 1.82) is 0 Å². The molecule has 0 aromatic heterocycles. The Morgan fingerprint density at radius 2 is 1.59 bits per heavy atom. The second-order valence-electron chi connectivity index (χ2n) is 13.0. The normalized spacial score (nSPS) is 22.7. The van der Waals surface area contributed by atoms with E-state index in [0.29, 0.717) is 49.2 Å². The number of sulfonamides is 1. The number of halogens is 2. The molecule has 8 nitrogen and oxygen atoms in total. The van der Waals surface area contributed by atoms with Gasteiger partial charge in [0.05, 0.1) is 17.6 Å². The molecule has 3 aromatic carbocycles. The number of hydrogen-bond acceptors (Lipinski definition) is 6. The fourth-order valence-electron chi connectivity index (χ4n) is 7.15. The summed E-state index contributed by atoms with van der Waals surface area (Å²) in [6.07, 6.45) is 8.50. The van der Waals surface area contributed by atoms with E-state index >= 15 is 8.78 Å². The number of carbonyl (C=O) groups is 1. The first kappa shape index (κ1) is 32.7. The molecule has 46 heavy (non-hydrogen) atoms. The first-order chi connectivity index (χ1) is 22.0. The summed E-state index contributed by atoms with van der Waals surface area (Å²) in [5.74, 6) is -3.68. The van der Waals surface area contributed by atoms with Crippen LogP contribution in [0, 0.1) is 0 Å². The van der Waals surface area contributed by atoms with E-state index in [4.69, 9.17) is 15.2 Å². The maximum atomic E-state index is 16.5. The molecule has 3 atom stereocenters. The van der Waals surface area contributed by atoms with Crippen molar-refractivity contribution < 1.29 is 31.5 Å². The number of rotatable bonds is 12. The third-order valence-corrected chi connectivity index (χ3v) is 11.0. The first-order valence-electron chi connectivity index (χ1n) is 16.5. The second kappa shape index (κ2) is 13.4. The molecular formula is C35H43F2N3O5S. The van der Waals surface area contributed by atoms with Crippen LogP contribution in [0.3, 0.4) is 0 Å². The van der Waals surface area contributed by atoms with Gasteiger partial charge in [0.2, 0.25) is 15.9 Å². The summed E-state index contributed by atoms with van der Waals surface area (Å²) in [4.78, 5) is 15.3. The number of nitrogens with two attached hydrogens (primary N) is 1. The summed E-state index contributed by atoms with van der Waals surface area (Å²) in [6, 6.07) is 12.0. The maximum absolute atomic E-state index is 16.5. The number of carbonyl (C=O) groups excluding carboxylic acids is 1. The standard InChI is InChI=1S/C35H43F2N3O5S/c1-2-3-18-44-29-15-10-25(11-16-29)35(36,37)33(34(41)40-27-12-13-28(40)22-26(38)21-27)39-46(42,43)32-17-9-23-19-31(14-8-24(23)20-32)45-30-6-4-5-7-30/h8-11,14-17,19-20,26-28,30,33,39H,2-7,12-13,18,21-22,38H2,1H3/t26?,27?,28?,33-/m0/s1. The summed E-state index contributed by atoms with van der Waals surface area (Å²) in [7, 11) is -4.56. The highest BCUT2D eigenvalue weighted by molar-refractivity contribution is 7.89. The van der Waals surface area contributed by atoms with Crippen molar-refractivity contribution in [2.24, 2.45) is 5.73 Å². The summed E-state index contributed by atoms with van der Waals surface area (Å²) in [5.41, 5.74) is 5.70. The number of nitrogens with one attached hydrogen (secondary N) is 1. The van der Waals surface area contributed by atoms with Crippen LogP contribution in [0.1, 0.15) is 76.7 Å². The van der Waals surface area contributed by atoms with E-state index in [2.05, 4.69) is 4.72 Å². The van der Waals surface area contributed by atoms with Crippen LogP contribution in [0.5, 0.6) is 11.5 Å². The Labute approximate surface area is 269 Å². The minimum absolute atomic E-state index is 0.126. The number of piperidine rings is 1. The van der Waals surface area contributed by atoms with Crippen LogP contribution < -0.4 is 19.9 Å². The molecule has 0 radical (unpaired) electrons. The van der Waals surface area contributed by atoms with Gasteiger partial charge < -0.3 is 20.1 Å². The molecule has 2 heterocycles. The molecule has 1 saturated carbocycles. The number of alkyl halides is 2. The number of hydrogen-bond donors (Lipinski definition) is 2. The first-order valence-corrected chi connectivity index (χ1v) is 17.9. The van der Waals surface area contributed by atoms with Gasteiger partial charge in [0.25, 0.3) is 5.92 Å². The quantitative estimate of drug-likeness (QED) is 0.223. The average molecular weight is 656 g/mol. The molecule has 3 aliphatic rings. The Balaban J connectivity index is 1.29. The molecule has 2 bridgehead atoms. The van der Waals surface area contributed by atoms with Crippen molar-refractivity contribution >= 4 is 26.7 Å². The summed E-state index contributed by atoms with van der Waals surface area (Å²) in [6.45, 7) is 2.47. The summed E-state index contributed by atoms with van der Waals surface area (Å²) < 4.78 is 74.4. The Hall–Kier alpha value is -3.28. The molecule has 2 saturated heterocycles. The van der Waals surface area contributed by atoms with Gasteiger partial charge in [0.1, 0.15) is 11.5 Å². The molecular weight excluding hydrogens is 612 g/mol. The van der Waals surface area contributed by atoms with Crippen molar-refractivity contribution in [3.8, 4) is 11.5 Å². The molecule has 6 rings (SSSR count). The molecule has 1 amide bonds. The molecule has 3 fully saturated rings. The largest absolute Gasteiger partial charge is 0.494 e. The Morgan fingerprint density at radius 3 is 2.26 bits per heavy atom. The summed E-state index contributed by atoms with van der Waals surface area (Å²) >= 11 is 0. The predicted molar refractivity (Wildman–Crippen MR) is 173 cm³/mol. The van der Waals surface area contributed by atoms with Crippen molar-refractivity contribution in [3.05, 3.63) is 66.2 Å². The number of fused-ring (bicyclic) bond motifs is 3. The second-order valence-corrected chi connectivity index (χ2v) is 14.7. The molecule has 0 spiro atoms. The van der Waals surface area contributed by atoms with Crippen LogP contribution in [0.4, 0.5) is 8.78 Å². The minimum Gasteiger partial charge on any atom is -0.494 e. The van der Waals surface area contributed by atoms with Gasteiger partial charge in [0, 0.05) is 23.7 Å². The zero-order valence-electron chi connectivity index (χ0n) is 26.2. The number of benzene rings is 3. The molecule has 3 N–H and O–H groups in total. The number of amides is 1. The van der Waals surface area contributed by atoms with Gasteiger partial charge in [-0.25, -0.2) is 8.42 Å². The fraction of sp³-hybridized carbons (Fsp3) is 0.514. The lowest BCUT2D eigenvalue weighted by Crippen LogP contribution is -2.60. The summed E-state index contributed by atoms with van der Waals surface area (Å²) in [5, 5.41) is 1.37. The smallest absolute Gasteiger partial charge is 0.298 e. The van der Waals surface area contributed by atoms with E-state index in [1.165, 1.54) is 41.3 Å². The van der Waals surface area contributed by atoms with E-state index in [1.54, 1.807) is 18.2 Å². The average Bonchev–Trinajstić information content (AvgIpc) is 3.65. The number of unbranched alkanes of at least 4 members (excludes halogenated alkanes) is 1. The highest BCUT2D eigenvalue weighted by Crippen LogP contribution is 2.40. The zero-order valence-corrected chi connectivity index (χ0v) is 27.0. The van der Waals surface area contributed by atoms with Gasteiger partial charge >= 0.3 is 0 Å². The van der Waals surface area contributed by atoms with Crippen molar-refractivity contribution in [1.82, 2.24) is 9.62 Å². The maximum Gasteiger partial charge on any atom is 0.298 e. The third-order valence-electron chi connectivity index (χ3n) is 9.61. The van der Waals surface area contributed by atoms with Crippen LogP contribution in [0.15, 0.2) is 65.6 Å². The van der Waals surface area contributed by atoms with Crippen LogP contribution >= 0.6 is 0 Å². The van der Waals surface area contributed by atoms with Crippen LogP contribution in [-0.2, 0) is 20.7 Å². The van der Waals surface area contributed by atoms with Gasteiger partial charge in [-0.2, -0.15) is 13.5 Å². The van der Waals surface area contributed by atoms with Crippen molar-refractivity contribution in [2.75, 3.05) is 6.61 Å². The Kier molecular flexibility index (Phi) is 9.55. The Morgan fingerprint density at radius 1 is 0.957 bits per heavy atom. The number of ether oxygens (including phenoxy) is 2. The lowest BCUT2D eigenvalue weighted by atomic mass is 9.94. The van der Waals surface area contributed by atoms with Crippen LogP contribution in [-0.4, -0.2) is 56.1 Å². The van der Waals surface area contributed by atoms with Gasteiger partial charge in [-0.15, -0.1) is 0 Å². The van der Waals surface area contributed by atoms with Crippen molar-refractivity contribution in [2.45, 2.75) is 112 Å². The molecule has 1 aliphatic carbocycles. The monoisotopic (exact) mass is 655 g/mol. The topological polar surface area (TPSA) is 111 Å².